The second-order valence-corrected chi connectivity index (χ2v) is 3.77. The summed E-state index contributed by atoms with van der Waals surface area (Å²) in [7, 11) is 0. The molecule has 16 heavy (non-hydrogen) atoms. The Balaban J connectivity index is 2.47. The van der Waals surface area contributed by atoms with Gasteiger partial charge in [-0.05, 0) is 13.8 Å². The van der Waals surface area contributed by atoms with Crippen LogP contribution >= 0.6 is 0 Å². The van der Waals surface area contributed by atoms with Gasteiger partial charge < -0.3 is 20.4 Å². The van der Waals surface area contributed by atoms with Crippen LogP contribution in [0.15, 0.2) is 5.16 Å². The van der Waals surface area contributed by atoms with E-state index in [0.29, 0.717) is 19.8 Å². The molecule has 0 bridgehead atoms. The molecule has 0 aliphatic carbocycles. The molecule has 1 saturated heterocycles. The Bertz CT molecular complexity index is 221. The predicted molar refractivity (Wildman–Crippen MR) is 60.7 cm³/mol. The molecule has 0 amide bonds. The molecule has 1 aliphatic heterocycles. The highest BCUT2D eigenvalue weighted by atomic mass is 16.5. The number of ether oxygens (including phenoxy) is 2. The molecule has 1 aliphatic rings. The first-order valence-electron chi connectivity index (χ1n) is 5.63. The molecule has 0 unspecified atom stereocenters. The Morgan fingerprint density at radius 3 is 2.19 bits per heavy atom. The van der Waals surface area contributed by atoms with Crippen molar-refractivity contribution in [3.8, 4) is 0 Å². The van der Waals surface area contributed by atoms with Crippen molar-refractivity contribution in [3.63, 3.8) is 0 Å². The van der Waals surface area contributed by atoms with Crippen LogP contribution in [0.2, 0.25) is 0 Å². The zero-order chi connectivity index (χ0) is 12.0. The summed E-state index contributed by atoms with van der Waals surface area (Å²) in [5, 5.41) is 11.5. The van der Waals surface area contributed by atoms with Gasteiger partial charge in [-0.25, -0.2) is 0 Å². The zero-order valence-electron chi connectivity index (χ0n) is 9.93. The molecule has 0 radical (unpaired) electrons. The minimum Gasteiger partial charge on any atom is -0.409 e. The van der Waals surface area contributed by atoms with Gasteiger partial charge in [-0.1, -0.05) is 5.16 Å². The molecule has 2 atom stereocenters. The van der Waals surface area contributed by atoms with Crippen LogP contribution in [0.25, 0.3) is 0 Å². The summed E-state index contributed by atoms with van der Waals surface area (Å²) >= 11 is 0. The van der Waals surface area contributed by atoms with Crippen LogP contribution in [0, 0.1) is 0 Å². The highest BCUT2D eigenvalue weighted by molar-refractivity contribution is 5.81. The van der Waals surface area contributed by atoms with Crippen LogP contribution in [0.3, 0.4) is 0 Å². The third kappa shape index (κ3) is 3.62. The third-order valence-electron chi connectivity index (χ3n) is 2.57. The Kier molecular flexibility index (Phi) is 5.51. The van der Waals surface area contributed by atoms with Crippen molar-refractivity contribution in [1.29, 1.82) is 0 Å². The van der Waals surface area contributed by atoms with Crippen molar-refractivity contribution in [2.45, 2.75) is 26.1 Å². The summed E-state index contributed by atoms with van der Waals surface area (Å²) in [5.74, 6) is 0.215. The number of nitrogens with two attached hydrogens (primary N) is 1. The van der Waals surface area contributed by atoms with Crippen molar-refractivity contribution in [2.24, 2.45) is 10.9 Å². The lowest BCUT2D eigenvalue weighted by molar-refractivity contribution is -0.0388. The fourth-order valence-electron chi connectivity index (χ4n) is 1.96. The average Bonchev–Trinajstić information content (AvgIpc) is 2.62. The minimum absolute atomic E-state index is 0.0800. The topological polar surface area (TPSA) is 80.3 Å². The summed E-state index contributed by atoms with van der Waals surface area (Å²) in [4.78, 5) is 2.07. The lowest BCUT2D eigenvalue weighted by Gasteiger charge is -2.17. The molecule has 1 fully saturated rings. The third-order valence-corrected chi connectivity index (χ3v) is 2.57. The Morgan fingerprint density at radius 1 is 1.31 bits per heavy atom. The molecule has 0 saturated carbocycles. The van der Waals surface area contributed by atoms with E-state index in [1.54, 1.807) is 0 Å². The molecule has 1 heterocycles. The Morgan fingerprint density at radius 2 is 1.81 bits per heavy atom. The molecule has 3 N–H and O–H groups in total. The van der Waals surface area contributed by atoms with Gasteiger partial charge in [0.2, 0.25) is 0 Å². The summed E-state index contributed by atoms with van der Waals surface area (Å²) < 4.78 is 11.2. The number of hydrogen-bond donors (Lipinski definition) is 2. The molecule has 0 aromatic heterocycles. The molecule has 6 heteroatoms. The molecular weight excluding hydrogens is 210 g/mol. The van der Waals surface area contributed by atoms with Crippen molar-refractivity contribution >= 4 is 5.84 Å². The largest absolute Gasteiger partial charge is 0.409 e. The van der Waals surface area contributed by atoms with E-state index < -0.39 is 0 Å². The Hall–Kier alpha value is -0.850. The maximum atomic E-state index is 8.51. The predicted octanol–water partition coefficient (Wildman–Crippen LogP) is -0.141. The van der Waals surface area contributed by atoms with Gasteiger partial charge in [-0.2, -0.15) is 0 Å². The van der Waals surface area contributed by atoms with E-state index in [1.807, 2.05) is 13.8 Å². The van der Waals surface area contributed by atoms with E-state index in [2.05, 4.69) is 10.1 Å². The molecule has 94 valence electrons. The lowest BCUT2D eigenvalue weighted by Crippen LogP contribution is -2.33. The van der Waals surface area contributed by atoms with E-state index in [0.717, 1.165) is 13.1 Å². The van der Waals surface area contributed by atoms with E-state index >= 15 is 0 Å². The van der Waals surface area contributed by atoms with Crippen molar-refractivity contribution in [3.05, 3.63) is 0 Å². The summed E-state index contributed by atoms with van der Waals surface area (Å²) in [6.45, 7) is 7.24. The smallest absolute Gasteiger partial charge is 0.153 e. The first-order chi connectivity index (χ1) is 7.71. The van der Waals surface area contributed by atoms with Gasteiger partial charge in [-0.3, -0.25) is 4.90 Å². The van der Waals surface area contributed by atoms with Gasteiger partial charge in [0.1, 0.15) is 0 Å². The quantitative estimate of drug-likeness (QED) is 0.288. The second kappa shape index (κ2) is 6.67. The van der Waals surface area contributed by atoms with Crippen LogP contribution in [-0.4, -0.2) is 61.0 Å². The number of oxime groups is 1. The van der Waals surface area contributed by atoms with Gasteiger partial charge >= 0.3 is 0 Å². The first kappa shape index (κ1) is 13.2. The minimum atomic E-state index is 0.0800. The number of nitrogens with zero attached hydrogens (tertiary/aromatic N) is 2. The van der Waals surface area contributed by atoms with Crippen molar-refractivity contribution in [2.75, 3.05) is 32.8 Å². The Labute approximate surface area is 96.0 Å². The van der Waals surface area contributed by atoms with Gasteiger partial charge in [0.25, 0.3) is 0 Å². The highest BCUT2D eigenvalue weighted by Gasteiger charge is 2.33. The van der Waals surface area contributed by atoms with E-state index in [4.69, 9.17) is 20.4 Å². The van der Waals surface area contributed by atoms with Gasteiger partial charge in [0, 0.05) is 26.3 Å². The summed E-state index contributed by atoms with van der Waals surface area (Å²) in [5.41, 5.74) is 5.47. The number of hydrogen-bond acceptors (Lipinski definition) is 5. The molecule has 0 aromatic rings. The maximum Gasteiger partial charge on any atom is 0.153 e. The van der Waals surface area contributed by atoms with E-state index in [-0.39, 0.29) is 18.0 Å². The van der Waals surface area contributed by atoms with Crippen LogP contribution in [0.4, 0.5) is 0 Å². The molecule has 6 nitrogen and oxygen atoms in total. The highest BCUT2D eigenvalue weighted by Crippen LogP contribution is 2.16. The average molecular weight is 231 g/mol. The van der Waals surface area contributed by atoms with Crippen LogP contribution in [-0.2, 0) is 9.47 Å². The normalized spacial score (nSPS) is 27.5. The number of likely N-dealkylation sites (tertiary alicyclic amines) is 1. The molecule has 0 spiro atoms. The maximum absolute atomic E-state index is 8.51. The monoisotopic (exact) mass is 231 g/mol. The standard InChI is InChI=1S/C10H21N3O3/c1-3-15-8-5-13(7-10(11)12-14)6-9(8)16-4-2/h8-9,14H,3-7H2,1-2H3,(H2,11,12)/t8-,9-/m0/s1. The number of amidine groups is 1. The zero-order valence-corrected chi connectivity index (χ0v) is 9.93. The summed E-state index contributed by atoms with van der Waals surface area (Å²) in [6, 6.07) is 0. The van der Waals surface area contributed by atoms with Crippen LogP contribution in [0.1, 0.15) is 13.8 Å². The molecule has 1 rings (SSSR count). The number of rotatable bonds is 6. The van der Waals surface area contributed by atoms with Crippen molar-refractivity contribution in [1.82, 2.24) is 4.90 Å². The SMILES string of the molecule is CCO[C@H]1CN(CC(N)=NO)C[C@@H]1OCC. The first-order valence-corrected chi connectivity index (χ1v) is 5.63. The van der Waals surface area contributed by atoms with E-state index in [9.17, 15) is 0 Å². The van der Waals surface area contributed by atoms with Gasteiger partial charge in [0.05, 0.1) is 18.8 Å². The van der Waals surface area contributed by atoms with Gasteiger partial charge in [0.15, 0.2) is 5.84 Å². The lowest BCUT2D eigenvalue weighted by atomic mass is 10.2. The van der Waals surface area contributed by atoms with Crippen LogP contribution < -0.4 is 5.73 Å². The molecular formula is C10H21N3O3. The van der Waals surface area contributed by atoms with Gasteiger partial charge in [-0.15, -0.1) is 0 Å². The fraction of sp³-hybridized carbons (Fsp3) is 0.900. The molecule has 0 aromatic carbocycles. The van der Waals surface area contributed by atoms with Crippen LogP contribution in [0.5, 0.6) is 0 Å². The second-order valence-electron chi connectivity index (χ2n) is 3.77. The summed E-state index contributed by atoms with van der Waals surface area (Å²) in [6.07, 6.45) is 0.160. The van der Waals surface area contributed by atoms with E-state index in [1.165, 1.54) is 0 Å². The van der Waals surface area contributed by atoms with Crippen molar-refractivity contribution < 1.29 is 14.7 Å². The fourth-order valence-corrected chi connectivity index (χ4v) is 1.96.